The van der Waals surface area contributed by atoms with Gasteiger partial charge in [0.25, 0.3) is 0 Å². The number of para-hydroxylation sites is 1. The first kappa shape index (κ1) is 19.0. The third-order valence-corrected chi connectivity index (χ3v) is 5.68. The van der Waals surface area contributed by atoms with Crippen molar-refractivity contribution in [3.63, 3.8) is 0 Å². The summed E-state index contributed by atoms with van der Waals surface area (Å²) in [6.07, 6.45) is 1.27. The summed E-state index contributed by atoms with van der Waals surface area (Å²) in [4.78, 5) is 24.0. The number of benzene rings is 2. The zero-order chi connectivity index (χ0) is 21.4. The van der Waals surface area contributed by atoms with Crippen LogP contribution in [0.25, 0.3) is 10.2 Å². The van der Waals surface area contributed by atoms with Crippen molar-refractivity contribution in [2.24, 2.45) is 0 Å². The zero-order valence-electron chi connectivity index (χ0n) is 16.3. The number of hydrogen-bond donors (Lipinski definition) is 2. The van der Waals surface area contributed by atoms with E-state index in [0.717, 1.165) is 21.3 Å². The maximum absolute atomic E-state index is 11.8. The summed E-state index contributed by atoms with van der Waals surface area (Å²) in [6, 6.07) is 11.4. The molecule has 2 N–H and O–H groups in total. The van der Waals surface area contributed by atoms with Crippen LogP contribution >= 0.6 is 11.3 Å². The van der Waals surface area contributed by atoms with Crippen molar-refractivity contribution in [2.45, 2.75) is 13.5 Å². The highest BCUT2D eigenvalue weighted by Gasteiger charge is 2.24. The molecule has 0 atom stereocenters. The molecule has 31 heavy (non-hydrogen) atoms. The van der Waals surface area contributed by atoms with Gasteiger partial charge in [-0.2, -0.15) is 0 Å². The zero-order valence-corrected chi connectivity index (χ0v) is 17.1. The van der Waals surface area contributed by atoms with Crippen LogP contribution in [-0.4, -0.2) is 26.7 Å². The first-order valence-corrected chi connectivity index (χ1v) is 10.1. The molecule has 0 spiro atoms. The molecule has 0 amide bonds. The van der Waals surface area contributed by atoms with Crippen molar-refractivity contribution in [3.05, 3.63) is 64.0 Å². The molecule has 0 radical (unpaired) electrons. The van der Waals surface area contributed by atoms with E-state index < -0.39 is 4.92 Å². The summed E-state index contributed by atoms with van der Waals surface area (Å²) in [5.74, 6) is 1.50. The Bertz CT molecular complexity index is 1310. The molecule has 0 unspecified atom stereocenters. The van der Waals surface area contributed by atoms with Crippen molar-refractivity contribution >= 4 is 44.0 Å². The molecule has 1 aliphatic heterocycles. The van der Waals surface area contributed by atoms with Gasteiger partial charge in [-0.25, -0.2) is 15.0 Å². The van der Waals surface area contributed by atoms with Gasteiger partial charge in [0, 0.05) is 6.54 Å². The number of rotatable bonds is 6. The van der Waals surface area contributed by atoms with E-state index in [0.29, 0.717) is 23.2 Å². The molecule has 2 aromatic carbocycles. The predicted octanol–water partition coefficient (Wildman–Crippen LogP) is 4.39. The van der Waals surface area contributed by atoms with Crippen LogP contribution in [0.5, 0.6) is 11.5 Å². The van der Waals surface area contributed by atoms with Gasteiger partial charge in [-0.1, -0.05) is 29.5 Å². The Hall–Kier alpha value is -3.99. The fraction of sp³-hybridized carbons (Fsp3) is 0.150. The summed E-state index contributed by atoms with van der Waals surface area (Å²) in [5, 5.41) is 18.3. The van der Waals surface area contributed by atoms with E-state index in [1.54, 1.807) is 6.07 Å². The number of nitrogens with one attached hydrogen (secondary N) is 2. The van der Waals surface area contributed by atoms with Crippen molar-refractivity contribution in [3.8, 4) is 11.5 Å². The van der Waals surface area contributed by atoms with Gasteiger partial charge in [0.1, 0.15) is 6.33 Å². The number of nitrogens with zero attached hydrogens (tertiary/aromatic N) is 4. The van der Waals surface area contributed by atoms with Gasteiger partial charge in [0.05, 0.1) is 15.1 Å². The number of aryl methyl sites for hydroxylation is 1. The third-order valence-electron chi connectivity index (χ3n) is 4.75. The normalized spacial score (nSPS) is 12.2. The van der Waals surface area contributed by atoms with Gasteiger partial charge in [-0.05, 0) is 36.2 Å². The molecule has 0 fully saturated rings. The van der Waals surface area contributed by atoms with Gasteiger partial charge < -0.3 is 20.1 Å². The molecule has 1 aliphatic rings. The van der Waals surface area contributed by atoms with Crippen LogP contribution in [0.3, 0.4) is 0 Å². The second kappa shape index (κ2) is 7.69. The molecular weight excluding hydrogens is 420 g/mol. The molecule has 0 bridgehead atoms. The lowest BCUT2D eigenvalue weighted by Crippen LogP contribution is -2.08. The van der Waals surface area contributed by atoms with Gasteiger partial charge in [0.2, 0.25) is 18.4 Å². The van der Waals surface area contributed by atoms with Crippen molar-refractivity contribution in [1.82, 2.24) is 15.0 Å². The lowest BCUT2D eigenvalue weighted by atomic mass is 10.2. The highest BCUT2D eigenvalue weighted by molar-refractivity contribution is 7.22. The van der Waals surface area contributed by atoms with Crippen LogP contribution < -0.4 is 20.1 Å². The smallest absolute Gasteiger partial charge is 0.353 e. The Morgan fingerprint density at radius 1 is 1.16 bits per heavy atom. The van der Waals surface area contributed by atoms with Gasteiger partial charge >= 0.3 is 5.69 Å². The summed E-state index contributed by atoms with van der Waals surface area (Å²) in [5.41, 5.74) is 2.51. The SMILES string of the molecule is Cc1cccc2sc(Nc3ncnc(NCc4ccc5c(c4)OCO5)c3[N+](=O)[O-])nc12. The average molecular weight is 436 g/mol. The molecule has 156 valence electrons. The van der Waals surface area contributed by atoms with Crippen LogP contribution in [0.15, 0.2) is 42.7 Å². The number of hydrogen-bond acceptors (Lipinski definition) is 10. The molecular formula is C20H16N6O4S. The number of nitro groups is 1. The summed E-state index contributed by atoms with van der Waals surface area (Å²) in [6.45, 7) is 2.47. The molecule has 0 saturated heterocycles. The van der Waals surface area contributed by atoms with E-state index in [1.807, 2.05) is 37.3 Å². The van der Waals surface area contributed by atoms with Crippen LogP contribution in [0.2, 0.25) is 0 Å². The predicted molar refractivity (Wildman–Crippen MR) is 116 cm³/mol. The highest BCUT2D eigenvalue weighted by atomic mass is 32.1. The molecule has 5 rings (SSSR count). The minimum atomic E-state index is -0.511. The minimum Gasteiger partial charge on any atom is -0.454 e. The van der Waals surface area contributed by atoms with Crippen LogP contribution in [0.4, 0.5) is 22.5 Å². The summed E-state index contributed by atoms with van der Waals surface area (Å²) in [7, 11) is 0. The molecule has 0 aliphatic carbocycles. The van der Waals surface area contributed by atoms with E-state index in [-0.39, 0.29) is 24.1 Å². The van der Waals surface area contributed by atoms with E-state index in [2.05, 4.69) is 25.6 Å². The minimum absolute atomic E-state index is 0.0740. The van der Waals surface area contributed by atoms with Crippen LogP contribution in [-0.2, 0) is 6.54 Å². The number of anilines is 3. The van der Waals surface area contributed by atoms with Gasteiger partial charge in [-0.3, -0.25) is 10.1 Å². The second-order valence-corrected chi connectivity index (χ2v) is 7.81. The maximum atomic E-state index is 11.8. The largest absolute Gasteiger partial charge is 0.454 e. The standard InChI is InChI=1S/C20H16N6O4S/c1-11-3-2-4-15-16(11)24-20(31-15)25-19-17(26(27)28)18(22-9-23-19)21-8-12-5-6-13-14(7-12)30-10-29-13/h2-7,9H,8,10H2,1H3,(H2,21,22,23,24,25). The fourth-order valence-electron chi connectivity index (χ4n) is 3.25. The first-order valence-electron chi connectivity index (χ1n) is 9.33. The van der Waals surface area contributed by atoms with Crippen LogP contribution in [0, 0.1) is 17.0 Å². The monoisotopic (exact) mass is 436 g/mol. The topological polar surface area (TPSA) is 124 Å². The average Bonchev–Trinajstić information content (AvgIpc) is 3.39. The lowest BCUT2D eigenvalue weighted by Gasteiger charge is -2.09. The van der Waals surface area contributed by atoms with E-state index >= 15 is 0 Å². The Kier molecular flexibility index (Phi) is 4.71. The van der Waals surface area contributed by atoms with Gasteiger partial charge in [0.15, 0.2) is 16.6 Å². The van der Waals surface area contributed by atoms with E-state index in [4.69, 9.17) is 9.47 Å². The molecule has 2 aromatic heterocycles. The molecule has 3 heterocycles. The Balaban J connectivity index is 1.41. The quantitative estimate of drug-likeness (QED) is 0.334. The Morgan fingerprint density at radius 2 is 2.00 bits per heavy atom. The number of ether oxygens (including phenoxy) is 2. The van der Waals surface area contributed by atoms with E-state index in [9.17, 15) is 10.1 Å². The number of thiazole rings is 1. The van der Waals surface area contributed by atoms with E-state index in [1.165, 1.54) is 17.7 Å². The molecule has 4 aromatic rings. The summed E-state index contributed by atoms with van der Waals surface area (Å²) >= 11 is 1.40. The third kappa shape index (κ3) is 3.66. The number of fused-ring (bicyclic) bond motifs is 2. The molecule has 10 nitrogen and oxygen atoms in total. The second-order valence-electron chi connectivity index (χ2n) is 6.78. The van der Waals surface area contributed by atoms with Crippen molar-refractivity contribution in [1.29, 1.82) is 0 Å². The van der Waals surface area contributed by atoms with Crippen molar-refractivity contribution < 1.29 is 14.4 Å². The molecule has 11 heteroatoms. The summed E-state index contributed by atoms with van der Waals surface area (Å²) < 4.78 is 11.7. The lowest BCUT2D eigenvalue weighted by molar-refractivity contribution is -0.383. The highest BCUT2D eigenvalue weighted by Crippen LogP contribution is 2.36. The van der Waals surface area contributed by atoms with Gasteiger partial charge in [-0.15, -0.1) is 0 Å². The fourth-order valence-corrected chi connectivity index (χ4v) is 4.19. The Morgan fingerprint density at radius 3 is 2.84 bits per heavy atom. The maximum Gasteiger partial charge on any atom is 0.353 e. The van der Waals surface area contributed by atoms with Crippen LogP contribution in [0.1, 0.15) is 11.1 Å². The Labute approximate surface area is 180 Å². The first-order chi connectivity index (χ1) is 15.1. The molecule has 0 saturated carbocycles. The number of aromatic nitrogens is 3. The van der Waals surface area contributed by atoms with Crippen molar-refractivity contribution in [2.75, 3.05) is 17.4 Å².